The van der Waals surface area contributed by atoms with Gasteiger partial charge in [0.1, 0.15) is 0 Å². The van der Waals surface area contributed by atoms with Crippen molar-refractivity contribution in [2.75, 3.05) is 19.0 Å². The molecule has 7 heteroatoms. The van der Waals surface area contributed by atoms with E-state index in [2.05, 4.69) is 31.2 Å². The van der Waals surface area contributed by atoms with Crippen molar-refractivity contribution in [3.8, 4) is 11.4 Å². The van der Waals surface area contributed by atoms with Gasteiger partial charge in [-0.25, -0.2) is 5.10 Å². The molecule has 0 aliphatic heterocycles. The fourth-order valence-electron chi connectivity index (χ4n) is 2.21. The second kappa shape index (κ2) is 7.11. The van der Waals surface area contributed by atoms with Crippen molar-refractivity contribution in [2.45, 2.75) is 0 Å². The van der Waals surface area contributed by atoms with Gasteiger partial charge in [0.2, 0.25) is 4.77 Å². The molecule has 1 N–H and O–H groups in total. The van der Waals surface area contributed by atoms with E-state index in [4.69, 9.17) is 12.2 Å². The van der Waals surface area contributed by atoms with E-state index in [-0.39, 0.29) is 0 Å². The number of aromatic nitrogens is 3. The third-order valence-electron chi connectivity index (χ3n) is 3.46. The Morgan fingerprint density at radius 2 is 1.96 bits per heavy atom. The minimum atomic E-state index is 0.452. The molecule has 122 valence electrons. The van der Waals surface area contributed by atoms with E-state index in [1.165, 1.54) is 0 Å². The van der Waals surface area contributed by atoms with E-state index in [0.717, 1.165) is 21.3 Å². The Morgan fingerprint density at radius 1 is 1.21 bits per heavy atom. The molecule has 0 bridgehead atoms. The third-order valence-corrected chi connectivity index (χ3v) is 4.22. The number of halogens is 1. The van der Waals surface area contributed by atoms with E-state index in [1.807, 2.05) is 67.5 Å². The first-order chi connectivity index (χ1) is 11.5. The van der Waals surface area contributed by atoms with Crippen molar-refractivity contribution in [3.05, 3.63) is 63.3 Å². The first-order valence-corrected chi connectivity index (χ1v) is 8.50. The lowest BCUT2D eigenvalue weighted by Crippen LogP contribution is -2.08. The number of hydrogen-bond acceptors (Lipinski definition) is 4. The van der Waals surface area contributed by atoms with Crippen LogP contribution in [0.5, 0.6) is 0 Å². The number of aromatic amines is 1. The Labute approximate surface area is 153 Å². The van der Waals surface area contributed by atoms with Gasteiger partial charge in [-0.1, -0.05) is 28.1 Å². The van der Waals surface area contributed by atoms with Crippen molar-refractivity contribution in [1.29, 1.82) is 0 Å². The molecule has 5 nitrogen and oxygen atoms in total. The average Bonchev–Trinajstić information content (AvgIpc) is 2.94. The molecule has 0 amide bonds. The SMILES string of the molecule is CN(C)c1ccc(-c2n[nH]c(=S)n2/N=C/c2cccc(Br)c2)cc1. The van der Waals surface area contributed by atoms with Gasteiger partial charge in [0.15, 0.2) is 5.82 Å². The summed E-state index contributed by atoms with van der Waals surface area (Å²) < 4.78 is 3.08. The maximum Gasteiger partial charge on any atom is 0.216 e. The first kappa shape index (κ1) is 16.6. The van der Waals surface area contributed by atoms with Gasteiger partial charge >= 0.3 is 0 Å². The summed E-state index contributed by atoms with van der Waals surface area (Å²) in [6, 6.07) is 16.0. The van der Waals surface area contributed by atoms with Crippen LogP contribution in [0, 0.1) is 4.77 Å². The zero-order valence-corrected chi connectivity index (χ0v) is 15.7. The lowest BCUT2D eigenvalue weighted by Gasteiger charge is -2.12. The minimum Gasteiger partial charge on any atom is -0.378 e. The van der Waals surface area contributed by atoms with E-state index < -0.39 is 0 Å². The standard InChI is InChI=1S/C17H16BrN5S/c1-22(2)15-8-6-13(7-9-15)16-20-21-17(24)23(16)19-11-12-4-3-5-14(18)10-12/h3-11H,1-2H3,(H,21,24)/b19-11+. The van der Waals surface area contributed by atoms with Crippen molar-refractivity contribution >= 4 is 40.0 Å². The predicted molar refractivity (Wildman–Crippen MR) is 104 cm³/mol. The van der Waals surface area contributed by atoms with Gasteiger partial charge in [0, 0.05) is 29.8 Å². The monoisotopic (exact) mass is 401 g/mol. The number of H-pyrrole nitrogens is 1. The topological polar surface area (TPSA) is 49.2 Å². The molecule has 0 unspecified atom stereocenters. The molecule has 0 atom stereocenters. The van der Waals surface area contributed by atoms with Crippen molar-refractivity contribution in [1.82, 2.24) is 14.9 Å². The molecule has 0 radical (unpaired) electrons. The summed E-state index contributed by atoms with van der Waals surface area (Å²) in [6.07, 6.45) is 1.76. The van der Waals surface area contributed by atoms with Crippen LogP contribution in [0.15, 0.2) is 58.1 Å². The Bertz CT molecular complexity index is 925. The van der Waals surface area contributed by atoms with Gasteiger partial charge in [-0.05, 0) is 54.2 Å². The van der Waals surface area contributed by atoms with Crippen molar-refractivity contribution < 1.29 is 0 Å². The number of anilines is 1. The molecule has 24 heavy (non-hydrogen) atoms. The van der Waals surface area contributed by atoms with E-state index in [9.17, 15) is 0 Å². The summed E-state index contributed by atoms with van der Waals surface area (Å²) in [5.41, 5.74) is 3.04. The highest BCUT2D eigenvalue weighted by Crippen LogP contribution is 2.21. The highest BCUT2D eigenvalue weighted by Gasteiger charge is 2.08. The van der Waals surface area contributed by atoms with Crippen LogP contribution < -0.4 is 4.90 Å². The zero-order valence-electron chi connectivity index (χ0n) is 13.3. The van der Waals surface area contributed by atoms with Gasteiger partial charge in [-0.2, -0.15) is 14.9 Å². The van der Waals surface area contributed by atoms with Crippen molar-refractivity contribution in [3.63, 3.8) is 0 Å². The largest absolute Gasteiger partial charge is 0.378 e. The van der Waals surface area contributed by atoms with Crippen LogP contribution in [0.3, 0.4) is 0 Å². The van der Waals surface area contributed by atoms with Gasteiger partial charge in [0.05, 0.1) is 6.21 Å². The summed E-state index contributed by atoms with van der Waals surface area (Å²) in [5.74, 6) is 0.677. The number of benzene rings is 2. The molecule has 0 aliphatic rings. The third kappa shape index (κ3) is 3.63. The Hall–Kier alpha value is -2.25. The fraction of sp³-hybridized carbons (Fsp3) is 0.118. The lowest BCUT2D eigenvalue weighted by atomic mass is 10.2. The number of rotatable bonds is 4. The van der Waals surface area contributed by atoms with E-state index in [0.29, 0.717) is 10.6 Å². The second-order valence-corrected chi connectivity index (χ2v) is 6.71. The van der Waals surface area contributed by atoms with Gasteiger partial charge in [-0.3, -0.25) is 0 Å². The molecule has 3 aromatic rings. The van der Waals surface area contributed by atoms with Crippen LogP contribution >= 0.6 is 28.1 Å². The maximum absolute atomic E-state index is 5.30. The summed E-state index contributed by atoms with van der Waals surface area (Å²) >= 11 is 8.75. The van der Waals surface area contributed by atoms with Crippen LogP contribution in [-0.2, 0) is 0 Å². The molecule has 0 fully saturated rings. The van der Waals surface area contributed by atoms with E-state index >= 15 is 0 Å². The molecular formula is C17H16BrN5S. The van der Waals surface area contributed by atoms with Crippen LogP contribution in [-0.4, -0.2) is 35.2 Å². The van der Waals surface area contributed by atoms with Gasteiger partial charge in [-0.15, -0.1) is 0 Å². The summed E-state index contributed by atoms with van der Waals surface area (Å²) in [5, 5.41) is 11.6. The van der Waals surface area contributed by atoms with Crippen LogP contribution in [0.25, 0.3) is 11.4 Å². The molecule has 3 rings (SSSR count). The van der Waals surface area contributed by atoms with Crippen LogP contribution in [0.4, 0.5) is 5.69 Å². The lowest BCUT2D eigenvalue weighted by molar-refractivity contribution is 0.871. The highest BCUT2D eigenvalue weighted by atomic mass is 79.9. The van der Waals surface area contributed by atoms with Crippen LogP contribution in [0.2, 0.25) is 0 Å². The summed E-state index contributed by atoms with van der Waals surface area (Å²) in [7, 11) is 4.01. The molecule has 0 saturated heterocycles. The molecule has 0 spiro atoms. The molecule has 0 aliphatic carbocycles. The Balaban J connectivity index is 1.95. The maximum atomic E-state index is 5.30. The number of nitrogens with one attached hydrogen (secondary N) is 1. The molecular weight excluding hydrogens is 386 g/mol. The predicted octanol–water partition coefficient (Wildman–Crippen LogP) is 4.32. The number of hydrogen-bond donors (Lipinski definition) is 1. The van der Waals surface area contributed by atoms with Crippen LogP contribution in [0.1, 0.15) is 5.56 Å². The highest BCUT2D eigenvalue weighted by molar-refractivity contribution is 9.10. The zero-order chi connectivity index (χ0) is 17.1. The van der Waals surface area contributed by atoms with Gasteiger partial charge < -0.3 is 4.90 Å². The second-order valence-electron chi connectivity index (χ2n) is 5.41. The Kier molecular flexibility index (Phi) is 4.92. The first-order valence-electron chi connectivity index (χ1n) is 7.30. The molecule has 0 saturated carbocycles. The van der Waals surface area contributed by atoms with Gasteiger partial charge in [0.25, 0.3) is 0 Å². The average molecular weight is 402 g/mol. The summed E-state index contributed by atoms with van der Waals surface area (Å²) in [6.45, 7) is 0. The Morgan fingerprint density at radius 3 is 2.62 bits per heavy atom. The normalized spacial score (nSPS) is 11.1. The molecule has 1 heterocycles. The molecule has 1 aromatic heterocycles. The quantitative estimate of drug-likeness (QED) is 0.523. The smallest absolute Gasteiger partial charge is 0.216 e. The fourth-order valence-corrected chi connectivity index (χ4v) is 2.80. The minimum absolute atomic E-state index is 0.452. The summed E-state index contributed by atoms with van der Waals surface area (Å²) in [4.78, 5) is 2.05. The van der Waals surface area contributed by atoms with E-state index in [1.54, 1.807) is 10.9 Å². The molecule has 2 aromatic carbocycles. The number of nitrogens with zero attached hydrogens (tertiary/aromatic N) is 4. The van der Waals surface area contributed by atoms with Crippen molar-refractivity contribution in [2.24, 2.45) is 5.10 Å².